The second-order valence-electron chi connectivity index (χ2n) is 5.53. The molecule has 1 aromatic heterocycles. The summed E-state index contributed by atoms with van der Waals surface area (Å²) in [6.45, 7) is 3.67. The maximum absolute atomic E-state index is 13.4. The molecule has 6 nitrogen and oxygen atoms in total. The molecule has 130 valence electrons. The first-order valence-corrected chi connectivity index (χ1v) is 7.83. The molecule has 0 aliphatic carbocycles. The maximum atomic E-state index is 13.4. The van der Waals surface area contributed by atoms with E-state index in [2.05, 4.69) is 20.9 Å². The van der Waals surface area contributed by atoms with Crippen LogP contribution in [0.3, 0.4) is 0 Å². The number of carbonyl (C=O) groups excluding carboxylic acids is 1. The Kier molecular flexibility index (Phi) is 6.15. The molecular weight excluding hydrogens is 356 g/mol. The summed E-state index contributed by atoms with van der Waals surface area (Å²) in [5.74, 6) is -0.996. The van der Waals surface area contributed by atoms with E-state index < -0.39 is 11.7 Å². The van der Waals surface area contributed by atoms with E-state index in [0.29, 0.717) is 11.4 Å². The van der Waals surface area contributed by atoms with Crippen LogP contribution in [0.2, 0.25) is 5.02 Å². The van der Waals surface area contributed by atoms with E-state index in [4.69, 9.17) is 11.6 Å². The molecule has 2 N–H and O–H groups in total. The van der Waals surface area contributed by atoms with E-state index in [9.17, 15) is 9.18 Å². The van der Waals surface area contributed by atoms with Crippen molar-refractivity contribution in [3.05, 3.63) is 40.4 Å². The highest BCUT2D eigenvalue weighted by molar-refractivity contribution is 6.30. The summed E-state index contributed by atoms with van der Waals surface area (Å²) in [5.41, 5.74) is 1.29. The third-order valence-electron chi connectivity index (χ3n) is 3.97. The van der Waals surface area contributed by atoms with E-state index in [1.807, 2.05) is 6.92 Å². The van der Waals surface area contributed by atoms with Gasteiger partial charge in [-0.05, 0) is 51.1 Å². The van der Waals surface area contributed by atoms with E-state index in [0.717, 1.165) is 25.9 Å². The van der Waals surface area contributed by atoms with Crippen LogP contribution in [0.4, 0.5) is 10.1 Å². The number of halogens is 3. The summed E-state index contributed by atoms with van der Waals surface area (Å²) in [7, 11) is 0. The molecule has 1 saturated heterocycles. The SMILES string of the molecule is Cc1c(C(=O)Nc2ccc(Cl)c(F)c2)nnn1C1CCNCC1.Cl. The van der Waals surface area contributed by atoms with Crippen LogP contribution in [0.25, 0.3) is 0 Å². The fraction of sp³-hybridized carbons (Fsp3) is 0.400. The standard InChI is InChI=1S/C15H17ClFN5O.ClH/c1-9-14(20-21-22(9)11-4-6-18-7-5-11)15(23)19-10-2-3-12(16)13(17)8-10;/h2-3,8,11,18H,4-7H2,1H3,(H,19,23);1H. The van der Waals surface area contributed by atoms with Crippen molar-refractivity contribution in [2.45, 2.75) is 25.8 Å². The van der Waals surface area contributed by atoms with Gasteiger partial charge in [-0.2, -0.15) is 0 Å². The number of anilines is 1. The van der Waals surface area contributed by atoms with Crippen molar-refractivity contribution < 1.29 is 9.18 Å². The van der Waals surface area contributed by atoms with Gasteiger partial charge < -0.3 is 10.6 Å². The van der Waals surface area contributed by atoms with Crippen LogP contribution in [0.1, 0.15) is 35.1 Å². The quantitative estimate of drug-likeness (QED) is 0.867. The van der Waals surface area contributed by atoms with Crippen molar-refractivity contribution in [1.82, 2.24) is 20.3 Å². The maximum Gasteiger partial charge on any atom is 0.278 e. The third kappa shape index (κ3) is 3.85. The molecule has 3 rings (SSSR count). The summed E-state index contributed by atoms with van der Waals surface area (Å²) in [6.07, 6.45) is 1.90. The molecule has 2 aromatic rings. The summed E-state index contributed by atoms with van der Waals surface area (Å²) in [6, 6.07) is 4.35. The zero-order valence-corrected chi connectivity index (χ0v) is 14.6. The van der Waals surface area contributed by atoms with Crippen LogP contribution in [0.5, 0.6) is 0 Å². The van der Waals surface area contributed by atoms with E-state index in [1.54, 1.807) is 4.68 Å². The molecule has 1 aliphatic heterocycles. The first kappa shape index (κ1) is 18.6. The largest absolute Gasteiger partial charge is 0.320 e. The molecule has 0 radical (unpaired) electrons. The van der Waals surface area contributed by atoms with Gasteiger partial charge in [0.15, 0.2) is 5.69 Å². The summed E-state index contributed by atoms with van der Waals surface area (Å²) in [5, 5.41) is 14.0. The second kappa shape index (κ2) is 7.92. The summed E-state index contributed by atoms with van der Waals surface area (Å²) < 4.78 is 15.2. The summed E-state index contributed by atoms with van der Waals surface area (Å²) >= 11 is 5.63. The average molecular weight is 374 g/mol. The molecular formula is C15H18Cl2FN5O. The zero-order chi connectivity index (χ0) is 16.4. The number of nitrogens with zero attached hydrogens (tertiary/aromatic N) is 3. The minimum atomic E-state index is -0.584. The van der Waals surface area contributed by atoms with Crippen LogP contribution in [-0.4, -0.2) is 34.0 Å². The van der Waals surface area contributed by atoms with E-state index >= 15 is 0 Å². The van der Waals surface area contributed by atoms with Gasteiger partial charge >= 0.3 is 0 Å². The molecule has 0 spiro atoms. The Balaban J connectivity index is 0.00000208. The molecule has 1 amide bonds. The van der Waals surface area contributed by atoms with Gasteiger partial charge in [-0.3, -0.25) is 4.79 Å². The lowest BCUT2D eigenvalue weighted by molar-refractivity contribution is 0.102. The normalized spacial score (nSPS) is 15.0. The Labute approximate surface area is 150 Å². The van der Waals surface area contributed by atoms with Crippen LogP contribution < -0.4 is 10.6 Å². The monoisotopic (exact) mass is 373 g/mol. The van der Waals surface area contributed by atoms with Crippen molar-refractivity contribution >= 4 is 35.6 Å². The molecule has 1 aromatic carbocycles. The Hall–Kier alpha value is -1.70. The van der Waals surface area contributed by atoms with Gasteiger partial charge in [-0.1, -0.05) is 16.8 Å². The van der Waals surface area contributed by atoms with Crippen molar-refractivity contribution in [3.63, 3.8) is 0 Å². The van der Waals surface area contributed by atoms with E-state index in [-0.39, 0.29) is 29.2 Å². The first-order chi connectivity index (χ1) is 11.1. The average Bonchev–Trinajstić information content (AvgIpc) is 2.93. The Bertz CT molecular complexity index is 731. The van der Waals surface area contributed by atoms with Gasteiger partial charge in [0.25, 0.3) is 5.91 Å². The number of hydrogen-bond acceptors (Lipinski definition) is 4. The predicted molar refractivity (Wildman–Crippen MR) is 92.5 cm³/mol. The highest BCUT2D eigenvalue weighted by Crippen LogP contribution is 2.22. The lowest BCUT2D eigenvalue weighted by Crippen LogP contribution is -2.30. The van der Waals surface area contributed by atoms with Gasteiger partial charge in [0.1, 0.15) is 5.82 Å². The first-order valence-electron chi connectivity index (χ1n) is 7.45. The van der Waals surface area contributed by atoms with Crippen LogP contribution in [0.15, 0.2) is 18.2 Å². The molecule has 1 fully saturated rings. The number of rotatable bonds is 3. The molecule has 2 heterocycles. The van der Waals surface area contributed by atoms with Gasteiger partial charge in [0.05, 0.1) is 16.8 Å². The number of amides is 1. The highest BCUT2D eigenvalue weighted by Gasteiger charge is 2.23. The van der Waals surface area contributed by atoms with Gasteiger partial charge in [0.2, 0.25) is 0 Å². The van der Waals surface area contributed by atoms with Crippen LogP contribution in [-0.2, 0) is 0 Å². The Morgan fingerprint density at radius 3 is 2.79 bits per heavy atom. The fourth-order valence-corrected chi connectivity index (χ4v) is 2.83. The fourth-order valence-electron chi connectivity index (χ4n) is 2.71. The number of benzene rings is 1. The number of hydrogen-bond donors (Lipinski definition) is 2. The highest BCUT2D eigenvalue weighted by atomic mass is 35.5. The van der Waals surface area contributed by atoms with Gasteiger partial charge in [-0.15, -0.1) is 17.5 Å². The molecule has 0 bridgehead atoms. The number of piperidine rings is 1. The Morgan fingerprint density at radius 2 is 2.12 bits per heavy atom. The molecule has 0 saturated carbocycles. The topological polar surface area (TPSA) is 71.8 Å². The minimum Gasteiger partial charge on any atom is -0.320 e. The van der Waals surface area contributed by atoms with Crippen molar-refractivity contribution in [1.29, 1.82) is 0 Å². The minimum absolute atomic E-state index is 0. The van der Waals surface area contributed by atoms with Crippen molar-refractivity contribution in [2.75, 3.05) is 18.4 Å². The zero-order valence-electron chi connectivity index (χ0n) is 13.1. The van der Waals surface area contributed by atoms with Gasteiger partial charge in [-0.25, -0.2) is 9.07 Å². The van der Waals surface area contributed by atoms with Crippen LogP contribution >= 0.6 is 24.0 Å². The smallest absolute Gasteiger partial charge is 0.278 e. The third-order valence-corrected chi connectivity index (χ3v) is 4.28. The number of nitrogens with one attached hydrogen (secondary N) is 2. The Morgan fingerprint density at radius 1 is 1.42 bits per heavy atom. The lowest BCUT2D eigenvalue weighted by atomic mass is 10.1. The predicted octanol–water partition coefficient (Wildman–Crippen LogP) is 2.98. The van der Waals surface area contributed by atoms with Crippen LogP contribution in [0, 0.1) is 12.7 Å². The molecule has 0 unspecified atom stereocenters. The molecule has 1 aliphatic rings. The molecule has 9 heteroatoms. The van der Waals surface area contributed by atoms with Gasteiger partial charge in [0, 0.05) is 5.69 Å². The summed E-state index contributed by atoms with van der Waals surface area (Å²) in [4.78, 5) is 12.3. The lowest BCUT2D eigenvalue weighted by Gasteiger charge is -2.23. The van der Waals surface area contributed by atoms with Crippen molar-refractivity contribution in [2.24, 2.45) is 0 Å². The van der Waals surface area contributed by atoms with Crippen molar-refractivity contribution in [3.8, 4) is 0 Å². The number of carbonyl (C=O) groups is 1. The molecule has 24 heavy (non-hydrogen) atoms. The second-order valence-corrected chi connectivity index (χ2v) is 5.94. The van der Waals surface area contributed by atoms with E-state index in [1.165, 1.54) is 18.2 Å². The number of aromatic nitrogens is 3. The molecule has 0 atom stereocenters.